The van der Waals surface area contributed by atoms with Crippen molar-refractivity contribution in [1.82, 2.24) is 34.8 Å². The third kappa shape index (κ3) is 21.4. The fraction of sp³-hybridized carbons (Fsp3) is 0.791. The van der Waals surface area contributed by atoms with Crippen LogP contribution in [-0.4, -0.2) is 107 Å². The van der Waals surface area contributed by atoms with Gasteiger partial charge in [-0.2, -0.15) is 0 Å². The lowest BCUT2D eigenvalue weighted by Crippen LogP contribution is -2.62. The van der Waals surface area contributed by atoms with Crippen molar-refractivity contribution in [2.45, 2.75) is 166 Å². The minimum atomic E-state index is -1.14. The van der Waals surface area contributed by atoms with E-state index in [9.17, 15) is 24.0 Å². The zero-order chi connectivity index (χ0) is 44.2. The predicted molar refractivity (Wildman–Crippen MR) is 237 cm³/mol. The molecule has 1 aliphatic heterocycles. The number of carbonyl (C=O) groups is 5. The van der Waals surface area contributed by atoms with Gasteiger partial charge >= 0.3 is 6.03 Å². The normalized spacial score (nSPS) is 16.6. The molecule has 0 aromatic rings. The quantitative estimate of drug-likeness (QED) is 0.0333. The summed E-state index contributed by atoms with van der Waals surface area (Å²) in [7, 11) is 3.97. The van der Waals surface area contributed by atoms with Gasteiger partial charge in [0.1, 0.15) is 12.1 Å². The third-order valence-electron chi connectivity index (χ3n) is 9.01. The second-order valence-electron chi connectivity index (χ2n) is 15.5. The first-order valence-electron chi connectivity index (χ1n) is 20.9. The second-order valence-corrected chi connectivity index (χ2v) is 17.0. The molecule has 1 fully saturated rings. The molecule has 5 amide bonds. The molecular formula is C43H83N7O5S. The van der Waals surface area contributed by atoms with Gasteiger partial charge in [-0.15, -0.1) is 18.9 Å². The molecule has 5 unspecified atom stereocenters. The predicted octanol–water partition coefficient (Wildman–Crippen LogP) is 7.21. The van der Waals surface area contributed by atoms with Gasteiger partial charge in [-0.25, -0.2) is 13.4 Å². The fourth-order valence-corrected chi connectivity index (χ4v) is 6.55. The second kappa shape index (κ2) is 31.0. The van der Waals surface area contributed by atoms with Gasteiger partial charge in [-0.1, -0.05) is 109 Å². The van der Waals surface area contributed by atoms with Gasteiger partial charge in [0.15, 0.2) is 0 Å². The van der Waals surface area contributed by atoms with E-state index in [0.29, 0.717) is 25.9 Å². The number of Topliss-reactive ketones (excluding diaryl/α,β-unsaturated/α-hetero) is 1. The molecule has 1 aliphatic rings. The summed E-state index contributed by atoms with van der Waals surface area (Å²) in [6.07, 6.45) is 11.4. The zero-order valence-corrected chi connectivity index (χ0v) is 39.1. The summed E-state index contributed by atoms with van der Waals surface area (Å²) in [6, 6.07) is -3.66. The highest BCUT2D eigenvalue weighted by atomic mass is 32.2. The van der Waals surface area contributed by atoms with E-state index in [4.69, 9.17) is 6.42 Å². The monoisotopic (exact) mass is 810 g/mol. The molecular weight excluding hydrogens is 727 g/mol. The van der Waals surface area contributed by atoms with Crippen molar-refractivity contribution in [3.63, 3.8) is 0 Å². The number of urea groups is 1. The summed E-state index contributed by atoms with van der Waals surface area (Å²) < 4.78 is 4.26. The first kappa shape index (κ1) is 57.2. The van der Waals surface area contributed by atoms with Crippen LogP contribution in [-0.2, 0) is 19.2 Å². The van der Waals surface area contributed by atoms with Crippen molar-refractivity contribution in [2.24, 2.45) is 16.7 Å². The highest BCUT2D eigenvalue weighted by Crippen LogP contribution is 2.30. The lowest BCUT2D eigenvalue weighted by atomic mass is 9.81. The Kier molecular flexibility index (Phi) is 31.7. The maximum absolute atomic E-state index is 14.3. The van der Waals surface area contributed by atoms with Crippen LogP contribution >= 0.6 is 12.1 Å². The van der Waals surface area contributed by atoms with Gasteiger partial charge in [0.25, 0.3) is 5.91 Å². The highest BCUT2D eigenvalue weighted by Gasteiger charge is 2.46. The van der Waals surface area contributed by atoms with E-state index in [0.717, 1.165) is 19.4 Å². The van der Waals surface area contributed by atoms with E-state index in [-0.39, 0.29) is 42.7 Å². The van der Waals surface area contributed by atoms with E-state index in [2.05, 4.69) is 79.6 Å². The third-order valence-corrected chi connectivity index (χ3v) is 9.90. The molecule has 0 saturated carbocycles. The number of likely N-dealkylation sites (tertiary alicyclic amines) is 1. The van der Waals surface area contributed by atoms with Crippen molar-refractivity contribution in [1.29, 1.82) is 0 Å². The van der Waals surface area contributed by atoms with Gasteiger partial charge in [0.2, 0.25) is 17.6 Å². The van der Waals surface area contributed by atoms with Gasteiger partial charge in [0.05, 0.1) is 6.04 Å². The number of ketones is 1. The smallest absolute Gasteiger partial charge is 0.315 e. The number of rotatable bonds is 20. The first-order valence-corrected chi connectivity index (χ1v) is 21.6. The lowest BCUT2D eigenvalue weighted by molar-refractivity contribution is -0.144. The maximum atomic E-state index is 14.3. The van der Waals surface area contributed by atoms with Gasteiger partial charge in [-0.05, 0) is 62.9 Å². The van der Waals surface area contributed by atoms with Crippen LogP contribution in [0.5, 0.6) is 0 Å². The van der Waals surface area contributed by atoms with Gasteiger partial charge < -0.3 is 26.2 Å². The van der Waals surface area contributed by atoms with E-state index in [1.54, 1.807) is 18.2 Å². The lowest BCUT2D eigenvalue weighted by Gasteiger charge is -2.39. The Morgan fingerprint density at radius 2 is 1.55 bits per heavy atom. The van der Waals surface area contributed by atoms with Crippen LogP contribution in [0.3, 0.4) is 0 Å². The van der Waals surface area contributed by atoms with E-state index >= 15 is 0 Å². The molecule has 0 radical (unpaired) electrons. The van der Waals surface area contributed by atoms with Crippen LogP contribution < -0.4 is 21.3 Å². The summed E-state index contributed by atoms with van der Waals surface area (Å²) >= 11 is 1.60. The molecule has 0 aliphatic carbocycles. The van der Waals surface area contributed by atoms with Gasteiger partial charge in [0, 0.05) is 50.8 Å². The number of terminal acetylenes is 1. The number of amides is 5. The van der Waals surface area contributed by atoms with Crippen molar-refractivity contribution in [3.05, 3.63) is 12.7 Å². The van der Waals surface area contributed by atoms with Crippen LogP contribution in [0, 0.1) is 29.1 Å². The molecule has 5 atom stereocenters. The van der Waals surface area contributed by atoms with Crippen molar-refractivity contribution in [3.8, 4) is 12.3 Å². The van der Waals surface area contributed by atoms with Crippen LogP contribution in [0.4, 0.5) is 4.79 Å². The van der Waals surface area contributed by atoms with Gasteiger partial charge in [-0.3, -0.25) is 19.2 Å². The maximum Gasteiger partial charge on any atom is 0.315 e. The van der Waals surface area contributed by atoms with E-state index in [1.807, 2.05) is 73.8 Å². The molecule has 1 rings (SSSR count). The Hall–Kier alpha value is -3.08. The topological polar surface area (TPSA) is 143 Å². The Balaban J connectivity index is -0.00000375. The minimum absolute atomic E-state index is 0.0787. The molecule has 326 valence electrons. The number of hydrogen-bond acceptors (Lipinski definition) is 8. The highest BCUT2D eigenvalue weighted by molar-refractivity contribution is 7.94. The molecule has 1 heterocycles. The van der Waals surface area contributed by atoms with Crippen LogP contribution in [0.15, 0.2) is 12.7 Å². The van der Waals surface area contributed by atoms with Crippen molar-refractivity contribution >= 4 is 41.7 Å². The molecule has 4 N–H and O–H groups in total. The standard InChI is InChI=1S/C36H63N7O5S.C3H8.2C2H6/c1-13-17-19-26(29(44)32(46)37-21-18-14-2)38-31(45)28-25(5)20-23-43(28)33(47)30(35(6,7)8)40-34(48)39-27(36(9,10)16-4)24-42(22-15-3)49-41(11)12;1-3-2;2*1-2/h1,14,25-28,30H,2,15-24H2,3-12H3,(H,37,46)(H,38,45)(H2,39,40,48);3H2,1-2H3;2*1-2H3. The first-order chi connectivity index (χ1) is 26.2. The number of hydrogen-bond donors (Lipinski definition) is 4. The molecule has 12 nitrogen and oxygen atoms in total. The SMILES string of the molecule is C#CCCC(NC(=O)C1C(C)CCN1C(=O)C(NC(=O)NC(CN(CCC)SN(C)C)C(C)(C)CC)C(C)(C)C)C(=O)C(=O)NCCC=C.CC.CC.CCC. The summed E-state index contributed by atoms with van der Waals surface area (Å²) in [4.78, 5) is 68.8. The average molecular weight is 810 g/mol. The molecule has 0 aromatic heterocycles. The summed E-state index contributed by atoms with van der Waals surface area (Å²) in [5.74, 6) is -0.307. The van der Waals surface area contributed by atoms with Crippen LogP contribution in [0.1, 0.15) is 142 Å². The minimum Gasteiger partial charge on any atom is -0.349 e. The Morgan fingerprint density at radius 1 is 0.982 bits per heavy atom. The molecule has 1 saturated heterocycles. The Labute approximate surface area is 347 Å². The number of nitrogens with one attached hydrogen (secondary N) is 4. The molecule has 0 aromatic carbocycles. The molecule has 13 heteroatoms. The summed E-state index contributed by atoms with van der Waals surface area (Å²) in [5.41, 5.74) is -0.929. The van der Waals surface area contributed by atoms with E-state index in [1.165, 1.54) is 11.3 Å². The number of nitrogens with zero attached hydrogens (tertiary/aromatic N) is 3. The van der Waals surface area contributed by atoms with Crippen LogP contribution in [0.25, 0.3) is 0 Å². The Morgan fingerprint density at radius 3 is 2.02 bits per heavy atom. The Bertz CT molecular complexity index is 1200. The van der Waals surface area contributed by atoms with Crippen LogP contribution in [0.2, 0.25) is 0 Å². The summed E-state index contributed by atoms with van der Waals surface area (Å²) in [5, 5.41) is 11.4. The van der Waals surface area contributed by atoms with Crippen molar-refractivity contribution < 1.29 is 24.0 Å². The fourth-order valence-electron chi connectivity index (χ4n) is 5.61. The zero-order valence-electron chi connectivity index (χ0n) is 38.3. The number of carbonyl (C=O) groups excluding carboxylic acids is 5. The van der Waals surface area contributed by atoms with Crippen molar-refractivity contribution in [2.75, 3.05) is 40.3 Å². The average Bonchev–Trinajstić information content (AvgIpc) is 3.54. The molecule has 56 heavy (non-hydrogen) atoms. The largest absolute Gasteiger partial charge is 0.349 e. The summed E-state index contributed by atoms with van der Waals surface area (Å²) in [6.45, 7) is 33.8. The van der Waals surface area contributed by atoms with E-state index < -0.39 is 47.2 Å². The molecule has 0 bridgehead atoms. The molecule has 0 spiro atoms.